The number of halogens is 1. The fraction of sp³-hybridized carbons (Fsp3) is 0.417. The molecule has 2 heterocycles. The average Bonchev–Trinajstić information content (AvgIpc) is 2.75. The van der Waals surface area contributed by atoms with Gasteiger partial charge in [-0.25, -0.2) is 9.38 Å². The Morgan fingerprint density at radius 3 is 3.17 bits per heavy atom. The van der Waals surface area contributed by atoms with E-state index in [4.69, 9.17) is 9.57 Å². The number of hydroxylamine groups is 1. The highest BCUT2D eigenvalue weighted by atomic mass is 19.1. The summed E-state index contributed by atoms with van der Waals surface area (Å²) in [5, 5.41) is 3.29. The molecule has 0 fully saturated rings. The molecule has 1 aromatic rings. The van der Waals surface area contributed by atoms with Gasteiger partial charge >= 0.3 is 0 Å². The molecule has 2 aliphatic heterocycles. The highest BCUT2D eigenvalue weighted by molar-refractivity contribution is 5.78. The normalized spacial score (nSPS) is 25.6. The van der Waals surface area contributed by atoms with Gasteiger partial charge in [-0.05, 0) is 19.1 Å². The highest BCUT2D eigenvalue weighted by Crippen LogP contribution is 2.30. The molecular weight excluding hydrogens is 237 g/mol. The zero-order valence-corrected chi connectivity index (χ0v) is 9.94. The van der Waals surface area contributed by atoms with Crippen LogP contribution in [0.2, 0.25) is 0 Å². The summed E-state index contributed by atoms with van der Waals surface area (Å²) in [7, 11) is 0. The Morgan fingerprint density at radius 2 is 2.39 bits per heavy atom. The van der Waals surface area contributed by atoms with Gasteiger partial charge in [-0.15, -0.1) is 5.48 Å². The van der Waals surface area contributed by atoms with Crippen molar-refractivity contribution in [3.63, 3.8) is 0 Å². The molecule has 18 heavy (non-hydrogen) atoms. The van der Waals surface area contributed by atoms with Crippen molar-refractivity contribution >= 4 is 11.6 Å². The van der Waals surface area contributed by atoms with Gasteiger partial charge in [-0.1, -0.05) is 0 Å². The fourth-order valence-corrected chi connectivity index (χ4v) is 2.02. The molecule has 6 heteroatoms. The second-order valence-corrected chi connectivity index (χ2v) is 4.42. The molecule has 0 aliphatic carbocycles. The number of nitrogens with zero attached hydrogens (tertiary/aromatic N) is 1. The predicted molar refractivity (Wildman–Crippen MR) is 65.0 cm³/mol. The van der Waals surface area contributed by atoms with Crippen LogP contribution in [0.5, 0.6) is 5.75 Å². The number of rotatable bonds is 2. The van der Waals surface area contributed by atoms with Crippen molar-refractivity contribution in [2.24, 2.45) is 4.99 Å². The number of aliphatic imine (C=N–C) groups is 1. The number of fused-ring (bicyclic) bond motifs is 1. The summed E-state index contributed by atoms with van der Waals surface area (Å²) in [5.74, 6) is 0.914. The molecule has 5 nitrogen and oxygen atoms in total. The van der Waals surface area contributed by atoms with Crippen LogP contribution in [-0.4, -0.2) is 24.7 Å². The van der Waals surface area contributed by atoms with Crippen LogP contribution >= 0.6 is 0 Å². The van der Waals surface area contributed by atoms with Gasteiger partial charge in [0.15, 0.2) is 0 Å². The summed E-state index contributed by atoms with van der Waals surface area (Å²) < 4.78 is 18.5. The van der Waals surface area contributed by atoms with Gasteiger partial charge in [0.25, 0.3) is 0 Å². The smallest absolute Gasteiger partial charge is 0.213 e. The minimum Gasteiger partial charge on any atom is -0.489 e. The average molecular weight is 251 g/mol. The molecule has 0 bridgehead atoms. The van der Waals surface area contributed by atoms with E-state index >= 15 is 0 Å². The van der Waals surface area contributed by atoms with E-state index in [1.807, 2.05) is 6.92 Å². The lowest BCUT2D eigenvalue weighted by molar-refractivity contribution is 0.177. The molecule has 2 N–H and O–H groups in total. The first kappa shape index (κ1) is 11.3. The van der Waals surface area contributed by atoms with Gasteiger partial charge in [0.05, 0.1) is 11.7 Å². The van der Waals surface area contributed by atoms with E-state index in [1.165, 1.54) is 12.1 Å². The second kappa shape index (κ2) is 4.45. The number of hydrogen-bond donors (Lipinski definition) is 2. The zero-order valence-electron chi connectivity index (χ0n) is 9.94. The van der Waals surface area contributed by atoms with Crippen LogP contribution in [-0.2, 0) is 4.84 Å². The standard InChI is InChI=1S/C12H14FN3O2/c1-7-14-12(18-16-7)5-9-6-17-11-4-8(13)2-3-10(11)15-9/h2-4,7,9,15-16H,5-6H2,1H3/t7?,9-/m0/s1. The van der Waals surface area contributed by atoms with Crippen molar-refractivity contribution in [1.82, 2.24) is 5.48 Å². The molecular formula is C12H14FN3O2. The van der Waals surface area contributed by atoms with Gasteiger partial charge in [-0.3, -0.25) is 0 Å². The van der Waals surface area contributed by atoms with Crippen molar-refractivity contribution in [3.8, 4) is 5.75 Å². The molecule has 96 valence electrons. The van der Waals surface area contributed by atoms with Gasteiger partial charge in [-0.2, -0.15) is 0 Å². The van der Waals surface area contributed by atoms with Crippen LogP contribution in [0, 0.1) is 5.82 Å². The molecule has 0 saturated heterocycles. The Bertz CT molecular complexity index is 492. The Labute approximate surface area is 104 Å². The summed E-state index contributed by atoms with van der Waals surface area (Å²) in [4.78, 5) is 9.50. The molecule has 1 unspecified atom stereocenters. The Kier molecular flexibility index (Phi) is 2.79. The SMILES string of the molecule is CC1N=C(C[C@H]2COc3cc(F)ccc3N2)ON1. The summed E-state index contributed by atoms with van der Waals surface area (Å²) in [6, 6.07) is 4.54. The summed E-state index contributed by atoms with van der Waals surface area (Å²) >= 11 is 0. The predicted octanol–water partition coefficient (Wildman–Crippen LogP) is 1.67. The molecule has 0 spiro atoms. The first-order valence-electron chi connectivity index (χ1n) is 5.88. The maximum absolute atomic E-state index is 13.0. The summed E-state index contributed by atoms with van der Waals surface area (Å²) in [5.41, 5.74) is 3.56. The Morgan fingerprint density at radius 1 is 1.50 bits per heavy atom. The van der Waals surface area contributed by atoms with E-state index in [0.29, 0.717) is 24.7 Å². The van der Waals surface area contributed by atoms with E-state index in [9.17, 15) is 4.39 Å². The molecule has 0 aromatic heterocycles. The van der Waals surface area contributed by atoms with Crippen LogP contribution in [0.3, 0.4) is 0 Å². The van der Waals surface area contributed by atoms with Crippen LogP contribution in [0.25, 0.3) is 0 Å². The number of nitrogens with one attached hydrogen (secondary N) is 2. The second-order valence-electron chi connectivity index (χ2n) is 4.42. The Balaban J connectivity index is 1.68. The van der Waals surface area contributed by atoms with Gasteiger partial charge in [0.1, 0.15) is 24.3 Å². The molecule has 3 rings (SSSR count). The van der Waals surface area contributed by atoms with Crippen LogP contribution in [0.4, 0.5) is 10.1 Å². The Hall–Kier alpha value is -1.82. The number of ether oxygens (including phenoxy) is 1. The minimum absolute atomic E-state index is 0.00843. The topological polar surface area (TPSA) is 54.9 Å². The number of benzene rings is 1. The lowest BCUT2D eigenvalue weighted by Gasteiger charge is -2.27. The zero-order chi connectivity index (χ0) is 12.5. The first-order valence-corrected chi connectivity index (χ1v) is 5.88. The third-order valence-corrected chi connectivity index (χ3v) is 2.85. The lowest BCUT2D eigenvalue weighted by atomic mass is 10.1. The van der Waals surface area contributed by atoms with Gasteiger partial charge in [0, 0.05) is 12.5 Å². The third-order valence-electron chi connectivity index (χ3n) is 2.85. The van der Waals surface area contributed by atoms with Gasteiger partial charge < -0.3 is 14.9 Å². The van der Waals surface area contributed by atoms with Crippen molar-refractivity contribution < 1.29 is 14.0 Å². The fourth-order valence-electron chi connectivity index (χ4n) is 2.02. The molecule has 0 amide bonds. The van der Waals surface area contributed by atoms with Crippen LogP contribution in [0.15, 0.2) is 23.2 Å². The van der Waals surface area contributed by atoms with E-state index in [1.54, 1.807) is 6.07 Å². The largest absolute Gasteiger partial charge is 0.489 e. The van der Waals surface area contributed by atoms with E-state index in [-0.39, 0.29) is 18.0 Å². The van der Waals surface area contributed by atoms with E-state index in [0.717, 1.165) is 5.69 Å². The molecule has 2 atom stereocenters. The third kappa shape index (κ3) is 2.24. The van der Waals surface area contributed by atoms with Crippen molar-refractivity contribution in [3.05, 3.63) is 24.0 Å². The number of hydrogen-bond acceptors (Lipinski definition) is 5. The quantitative estimate of drug-likeness (QED) is 0.839. The molecule has 0 saturated carbocycles. The maximum atomic E-state index is 13.0. The van der Waals surface area contributed by atoms with Crippen molar-refractivity contribution in [1.29, 1.82) is 0 Å². The van der Waals surface area contributed by atoms with Gasteiger partial charge in [0.2, 0.25) is 5.90 Å². The summed E-state index contributed by atoms with van der Waals surface area (Å²) in [6.07, 6.45) is 0.625. The van der Waals surface area contributed by atoms with Crippen LogP contribution in [0.1, 0.15) is 13.3 Å². The lowest BCUT2D eigenvalue weighted by Crippen LogP contribution is -2.34. The molecule has 2 aliphatic rings. The molecule has 1 aromatic carbocycles. The monoisotopic (exact) mass is 251 g/mol. The molecule has 0 radical (unpaired) electrons. The van der Waals surface area contributed by atoms with E-state index < -0.39 is 0 Å². The van der Waals surface area contributed by atoms with Crippen molar-refractivity contribution in [2.45, 2.75) is 25.6 Å². The van der Waals surface area contributed by atoms with Crippen molar-refractivity contribution in [2.75, 3.05) is 11.9 Å². The van der Waals surface area contributed by atoms with Crippen LogP contribution < -0.4 is 15.5 Å². The minimum atomic E-state index is -0.296. The first-order chi connectivity index (χ1) is 8.70. The van der Waals surface area contributed by atoms with E-state index in [2.05, 4.69) is 15.8 Å². The maximum Gasteiger partial charge on any atom is 0.213 e. The highest BCUT2D eigenvalue weighted by Gasteiger charge is 2.24. The number of anilines is 1. The summed E-state index contributed by atoms with van der Waals surface area (Å²) in [6.45, 7) is 2.38.